The molecule has 0 saturated heterocycles. The highest BCUT2D eigenvalue weighted by Crippen LogP contribution is 2.17. The van der Waals surface area contributed by atoms with E-state index in [-0.39, 0.29) is 5.69 Å². The molecule has 0 aliphatic rings. The molecule has 0 unspecified atom stereocenters. The van der Waals surface area contributed by atoms with Gasteiger partial charge in [0.15, 0.2) is 0 Å². The number of hydrogen-bond donors (Lipinski definition) is 1. The summed E-state index contributed by atoms with van der Waals surface area (Å²) in [6, 6.07) is 5.99. The molecular formula is C12H11BrN4O2. The average Bonchev–Trinajstić information content (AvgIpc) is 2.40. The predicted molar refractivity (Wildman–Crippen MR) is 74.9 cm³/mol. The highest BCUT2D eigenvalue weighted by atomic mass is 79.9. The molecule has 0 bridgehead atoms. The summed E-state index contributed by atoms with van der Waals surface area (Å²) in [5.74, 6) is 0.366. The molecule has 0 atom stereocenters. The second-order valence-electron chi connectivity index (χ2n) is 3.95. The molecular weight excluding hydrogens is 312 g/mol. The van der Waals surface area contributed by atoms with E-state index in [0.29, 0.717) is 12.5 Å². The van der Waals surface area contributed by atoms with Crippen LogP contribution in [0.2, 0.25) is 0 Å². The Bertz CT molecular complexity index is 601. The molecule has 0 fully saturated rings. The highest BCUT2D eigenvalue weighted by molar-refractivity contribution is 9.10. The number of halogens is 1. The average molecular weight is 323 g/mol. The number of rotatable bonds is 4. The van der Waals surface area contributed by atoms with E-state index in [9.17, 15) is 10.1 Å². The van der Waals surface area contributed by atoms with Gasteiger partial charge in [0.2, 0.25) is 5.95 Å². The third-order valence-corrected chi connectivity index (χ3v) is 3.09. The Morgan fingerprint density at radius 3 is 2.68 bits per heavy atom. The molecule has 1 aromatic heterocycles. The number of hydrogen-bond acceptors (Lipinski definition) is 5. The van der Waals surface area contributed by atoms with Crippen LogP contribution >= 0.6 is 15.9 Å². The van der Waals surface area contributed by atoms with Gasteiger partial charge in [-0.15, -0.1) is 0 Å². The number of nitro groups is 1. The van der Waals surface area contributed by atoms with Crippen LogP contribution in [-0.2, 0) is 6.54 Å². The first-order chi connectivity index (χ1) is 9.06. The zero-order valence-electron chi connectivity index (χ0n) is 10.1. The van der Waals surface area contributed by atoms with Gasteiger partial charge in [-0.05, 0) is 30.2 Å². The Morgan fingerprint density at radius 1 is 1.37 bits per heavy atom. The number of aromatic nitrogens is 2. The SMILES string of the molecule is Cc1ccc(Br)cc1CNc1ncc([N+](=O)[O-])cn1. The maximum absolute atomic E-state index is 10.5. The minimum Gasteiger partial charge on any atom is -0.350 e. The van der Waals surface area contributed by atoms with Gasteiger partial charge in [-0.25, -0.2) is 9.97 Å². The van der Waals surface area contributed by atoms with E-state index in [0.717, 1.165) is 15.6 Å². The van der Waals surface area contributed by atoms with Crippen molar-refractivity contribution in [2.24, 2.45) is 0 Å². The van der Waals surface area contributed by atoms with Gasteiger partial charge in [-0.1, -0.05) is 22.0 Å². The fourth-order valence-corrected chi connectivity index (χ4v) is 1.92. The van der Waals surface area contributed by atoms with Gasteiger partial charge >= 0.3 is 5.69 Å². The van der Waals surface area contributed by atoms with Crippen LogP contribution in [0, 0.1) is 17.0 Å². The number of nitrogens with one attached hydrogen (secondary N) is 1. The molecule has 0 saturated carbocycles. The molecule has 0 radical (unpaired) electrons. The van der Waals surface area contributed by atoms with E-state index in [2.05, 4.69) is 31.2 Å². The maximum Gasteiger partial charge on any atom is 0.305 e. The standard InChI is InChI=1S/C12H11BrN4O2/c1-8-2-3-10(13)4-9(8)5-14-12-15-6-11(7-16-12)17(18)19/h2-4,6-7H,5H2,1H3,(H,14,15,16). The number of nitrogens with zero attached hydrogens (tertiary/aromatic N) is 3. The monoisotopic (exact) mass is 322 g/mol. The van der Waals surface area contributed by atoms with Crippen molar-refractivity contribution in [2.45, 2.75) is 13.5 Å². The van der Waals surface area contributed by atoms with E-state index in [1.165, 1.54) is 12.4 Å². The van der Waals surface area contributed by atoms with Crippen LogP contribution < -0.4 is 5.32 Å². The molecule has 1 N–H and O–H groups in total. The molecule has 0 amide bonds. The van der Waals surface area contributed by atoms with Crippen molar-refractivity contribution in [3.63, 3.8) is 0 Å². The van der Waals surface area contributed by atoms with Crippen molar-refractivity contribution >= 4 is 27.6 Å². The molecule has 2 rings (SSSR count). The Hall–Kier alpha value is -2.02. The summed E-state index contributed by atoms with van der Waals surface area (Å²) in [6.45, 7) is 2.57. The van der Waals surface area contributed by atoms with Crippen LogP contribution in [-0.4, -0.2) is 14.9 Å². The molecule has 19 heavy (non-hydrogen) atoms. The van der Waals surface area contributed by atoms with Crippen LogP contribution in [0.5, 0.6) is 0 Å². The Kier molecular flexibility index (Phi) is 4.06. The topological polar surface area (TPSA) is 81.0 Å². The summed E-state index contributed by atoms with van der Waals surface area (Å²) in [5.41, 5.74) is 2.14. The summed E-state index contributed by atoms with van der Waals surface area (Å²) < 4.78 is 1.000. The molecule has 0 aliphatic carbocycles. The van der Waals surface area contributed by atoms with Gasteiger partial charge < -0.3 is 5.32 Å². The first-order valence-electron chi connectivity index (χ1n) is 5.51. The molecule has 0 spiro atoms. The smallest absolute Gasteiger partial charge is 0.305 e. The fraction of sp³-hybridized carbons (Fsp3) is 0.167. The van der Waals surface area contributed by atoms with E-state index in [1.54, 1.807) is 0 Å². The first-order valence-corrected chi connectivity index (χ1v) is 6.31. The number of aryl methyl sites for hydroxylation is 1. The Balaban J connectivity index is 2.06. The molecule has 1 aromatic carbocycles. The van der Waals surface area contributed by atoms with Crippen molar-refractivity contribution in [1.29, 1.82) is 0 Å². The zero-order valence-corrected chi connectivity index (χ0v) is 11.7. The summed E-state index contributed by atoms with van der Waals surface area (Å²) in [5, 5.41) is 13.5. The molecule has 7 heteroatoms. The predicted octanol–water partition coefficient (Wildman–Crippen LogP) is 3.07. The van der Waals surface area contributed by atoms with Crippen LogP contribution in [0.4, 0.5) is 11.6 Å². The lowest BCUT2D eigenvalue weighted by Crippen LogP contribution is -2.05. The van der Waals surface area contributed by atoms with Crippen molar-refractivity contribution in [2.75, 3.05) is 5.32 Å². The van der Waals surface area contributed by atoms with E-state index < -0.39 is 4.92 Å². The van der Waals surface area contributed by atoms with E-state index in [4.69, 9.17) is 0 Å². The highest BCUT2D eigenvalue weighted by Gasteiger charge is 2.06. The zero-order chi connectivity index (χ0) is 13.8. The minimum atomic E-state index is -0.526. The van der Waals surface area contributed by atoms with Gasteiger partial charge in [0, 0.05) is 11.0 Å². The Morgan fingerprint density at radius 2 is 2.05 bits per heavy atom. The first kappa shape index (κ1) is 13.4. The quantitative estimate of drug-likeness (QED) is 0.691. The van der Waals surface area contributed by atoms with E-state index >= 15 is 0 Å². The normalized spacial score (nSPS) is 10.2. The molecule has 98 valence electrons. The van der Waals surface area contributed by atoms with Crippen molar-refractivity contribution < 1.29 is 4.92 Å². The molecule has 0 aliphatic heterocycles. The lowest BCUT2D eigenvalue weighted by atomic mass is 10.1. The lowest BCUT2D eigenvalue weighted by molar-refractivity contribution is -0.385. The van der Waals surface area contributed by atoms with E-state index in [1.807, 2.05) is 25.1 Å². The number of benzene rings is 1. The van der Waals surface area contributed by atoms with Gasteiger partial charge in [0.25, 0.3) is 0 Å². The summed E-state index contributed by atoms with van der Waals surface area (Å²) in [4.78, 5) is 17.7. The van der Waals surface area contributed by atoms with Gasteiger partial charge in [0.1, 0.15) is 12.4 Å². The van der Waals surface area contributed by atoms with Crippen molar-refractivity contribution in [3.8, 4) is 0 Å². The van der Waals surface area contributed by atoms with Gasteiger partial charge in [-0.2, -0.15) is 0 Å². The van der Waals surface area contributed by atoms with Crippen LogP contribution in [0.3, 0.4) is 0 Å². The van der Waals surface area contributed by atoms with Crippen molar-refractivity contribution in [1.82, 2.24) is 9.97 Å². The van der Waals surface area contributed by atoms with Crippen molar-refractivity contribution in [3.05, 3.63) is 56.3 Å². The van der Waals surface area contributed by atoms with Crippen LogP contribution in [0.1, 0.15) is 11.1 Å². The van der Waals surface area contributed by atoms with Crippen LogP contribution in [0.25, 0.3) is 0 Å². The third-order valence-electron chi connectivity index (χ3n) is 2.60. The second kappa shape index (κ2) is 5.75. The van der Waals surface area contributed by atoms with Crippen LogP contribution in [0.15, 0.2) is 35.1 Å². The Labute approximate surface area is 118 Å². The maximum atomic E-state index is 10.5. The molecule has 2 aromatic rings. The lowest BCUT2D eigenvalue weighted by Gasteiger charge is -2.08. The molecule has 6 nitrogen and oxygen atoms in total. The van der Waals surface area contributed by atoms with Gasteiger partial charge in [-0.3, -0.25) is 10.1 Å². The minimum absolute atomic E-state index is 0.121. The summed E-state index contributed by atoms with van der Waals surface area (Å²) in [7, 11) is 0. The fourth-order valence-electron chi connectivity index (χ4n) is 1.51. The summed E-state index contributed by atoms with van der Waals surface area (Å²) in [6.07, 6.45) is 2.37. The second-order valence-corrected chi connectivity index (χ2v) is 4.86. The van der Waals surface area contributed by atoms with Gasteiger partial charge in [0.05, 0.1) is 4.92 Å². The third kappa shape index (κ3) is 3.47. The molecule has 1 heterocycles. The summed E-state index contributed by atoms with van der Waals surface area (Å²) >= 11 is 3.41. The largest absolute Gasteiger partial charge is 0.350 e. The number of anilines is 1.